The van der Waals surface area contributed by atoms with Crippen molar-refractivity contribution in [2.24, 2.45) is 0 Å². The molecule has 0 unspecified atom stereocenters. The predicted octanol–water partition coefficient (Wildman–Crippen LogP) is 7.11. The highest BCUT2D eigenvalue weighted by atomic mass is 32.3. The number of hydrogen-bond donors (Lipinski definition) is 2. The molecule has 41 heavy (non-hydrogen) atoms. The van der Waals surface area contributed by atoms with E-state index in [1.807, 2.05) is 0 Å². The minimum absolute atomic E-state index is 1.30. The number of hydrogen-bond acceptors (Lipinski definition) is 4. The van der Waals surface area contributed by atoms with E-state index in [1.165, 1.54) is 181 Å². The normalized spacial score (nSPS) is 11.4. The van der Waals surface area contributed by atoms with Gasteiger partial charge in [-0.1, -0.05) is 129 Å². The van der Waals surface area contributed by atoms with E-state index in [0.717, 1.165) is 0 Å². The number of quaternary nitrogens is 2. The van der Waals surface area contributed by atoms with Gasteiger partial charge in [-0.15, -0.1) is 0 Å². The van der Waals surface area contributed by atoms with Gasteiger partial charge < -0.3 is 18.9 Å². The quantitative estimate of drug-likeness (QED) is 0.0563. The number of rotatable bonds is 28. The van der Waals surface area contributed by atoms with Crippen LogP contribution in [0.25, 0.3) is 0 Å². The molecular formula is C34H76N2O4S. The van der Waals surface area contributed by atoms with Crippen LogP contribution in [0.1, 0.15) is 183 Å². The molecule has 0 aliphatic carbocycles. The average Bonchev–Trinajstić information content (AvgIpc) is 2.94. The molecule has 0 aromatic rings. The van der Waals surface area contributed by atoms with Crippen LogP contribution in [0.5, 0.6) is 0 Å². The Morgan fingerprint density at radius 3 is 0.707 bits per heavy atom. The predicted molar refractivity (Wildman–Crippen MR) is 177 cm³/mol. The molecule has 0 atom stereocenters. The molecule has 0 saturated heterocycles. The summed E-state index contributed by atoms with van der Waals surface area (Å²) in [6, 6.07) is 0. The second-order valence-corrected chi connectivity index (χ2v) is 12.7. The van der Waals surface area contributed by atoms with E-state index in [-0.39, 0.29) is 0 Å². The van der Waals surface area contributed by atoms with E-state index in [4.69, 9.17) is 17.5 Å². The Balaban J connectivity index is -0.000000604. The molecule has 2 N–H and O–H groups in total. The first-order chi connectivity index (χ1) is 19.7. The maximum atomic E-state index is 8.52. The fourth-order valence-electron chi connectivity index (χ4n) is 5.29. The third-order valence-electron chi connectivity index (χ3n) is 8.27. The van der Waals surface area contributed by atoms with Gasteiger partial charge >= 0.3 is 0 Å². The summed E-state index contributed by atoms with van der Waals surface area (Å²) >= 11 is 0. The number of unbranched alkanes of at least 4 members (excludes halogenated alkanes) is 20. The zero-order valence-corrected chi connectivity index (χ0v) is 29.7. The Morgan fingerprint density at radius 2 is 0.537 bits per heavy atom. The maximum absolute atomic E-state index is 8.52. The molecule has 7 heteroatoms. The summed E-state index contributed by atoms with van der Waals surface area (Å²) < 4.78 is 34.1. The Kier molecular flexibility index (Phi) is 41.7. The molecule has 0 aliphatic heterocycles. The molecule has 6 nitrogen and oxygen atoms in total. The fourth-order valence-corrected chi connectivity index (χ4v) is 5.29. The lowest BCUT2D eigenvalue weighted by Crippen LogP contribution is -3.11. The molecule has 0 amide bonds. The average molecular weight is 609 g/mol. The van der Waals surface area contributed by atoms with Crippen molar-refractivity contribution < 1.29 is 27.3 Å². The van der Waals surface area contributed by atoms with E-state index in [9.17, 15) is 0 Å². The summed E-state index contributed by atoms with van der Waals surface area (Å²) in [4.78, 5) is 3.54. The molecule has 0 aromatic heterocycles. The van der Waals surface area contributed by atoms with Gasteiger partial charge in [-0.25, -0.2) is 0 Å². The summed E-state index contributed by atoms with van der Waals surface area (Å²) in [5.41, 5.74) is 0. The molecular weight excluding hydrogens is 532 g/mol. The van der Waals surface area contributed by atoms with E-state index in [1.54, 1.807) is 9.80 Å². The zero-order valence-electron chi connectivity index (χ0n) is 28.8. The van der Waals surface area contributed by atoms with Gasteiger partial charge in [-0.05, 0) is 53.4 Å². The topological polar surface area (TPSA) is 89.1 Å². The van der Waals surface area contributed by atoms with Gasteiger partial charge in [0.2, 0.25) is 0 Å². The Morgan fingerprint density at radius 1 is 0.366 bits per heavy atom. The third kappa shape index (κ3) is 49.8. The van der Waals surface area contributed by atoms with Crippen molar-refractivity contribution in [1.29, 1.82) is 0 Å². The van der Waals surface area contributed by atoms with Crippen LogP contribution in [0.15, 0.2) is 0 Å². The summed E-state index contributed by atoms with van der Waals surface area (Å²) in [6.45, 7) is 21.8. The van der Waals surface area contributed by atoms with Crippen LogP contribution in [0.3, 0.4) is 0 Å². The second kappa shape index (κ2) is 37.8. The van der Waals surface area contributed by atoms with Gasteiger partial charge in [0, 0.05) is 10.4 Å². The fraction of sp³-hybridized carbons (Fsp3) is 1.00. The van der Waals surface area contributed by atoms with Crippen molar-refractivity contribution in [3.8, 4) is 0 Å². The lowest BCUT2D eigenvalue weighted by atomic mass is 10.1. The smallest absolute Gasteiger partial charge is 0.0770 e. The lowest BCUT2D eigenvalue weighted by Gasteiger charge is -2.14. The van der Waals surface area contributed by atoms with E-state index in [0.29, 0.717) is 0 Å². The summed E-state index contributed by atoms with van der Waals surface area (Å²) in [7, 11) is -5.17. The molecule has 0 rings (SSSR count). The Hall–Kier alpha value is -0.210. The summed E-state index contributed by atoms with van der Waals surface area (Å²) in [5, 5.41) is 0. The first-order valence-corrected chi connectivity index (χ1v) is 19.4. The molecule has 0 heterocycles. The van der Waals surface area contributed by atoms with Crippen molar-refractivity contribution >= 4 is 10.4 Å². The van der Waals surface area contributed by atoms with Crippen LogP contribution in [0.4, 0.5) is 0 Å². The molecule has 252 valence electrons. The van der Waals surface area contributed by atoms with Gasteiger partial charge in [-0.3, -0.25) is 8.42 Å². The highest BCUT2D eigenvalue weighted by Gasteiger charge is 2.02. The molecule has 0 aliphatic rings. The van der Waals surface area contributed by atoms with Gasteiger partial charge in [-0.2, -0.15) is 0 Å². The second-order valence-electron chi connectivity index (χ2n) is 11.9. The van der Waals surface area contributed by atoms with Crippen molar-refractivity contribution in [3.63, 3.8) is 0 Å². The van der Waals surface area contributed by atoms with Crippen molar-refractivity contribution in [1.82, 2.24) is 0 Å². The summed E-state index contributed by atoms with van der Waals surface area (Å²) in [6.07, 6.45) is 32.0. The third-order valence-corrected chi connectivity index (χ3v) is 8.27. The van der Waals surface area contributed by atoms with E-state index in [2.05, 4.69) is 41.5 Å². The van der Waals surface area contributed by atoms with Crippen LogP contribution < -0.4 is 9.80 Å². The number of nitrogens with one attached hydrogen (secondary N) is 2. The highest BCUT2D eigenvalue weighted by molar-refractivity contribution is 7.79. The zero-order chi connectivity index (χ0) is 31.5. The molecule has 0 radical (unpaired) electrons. The van der Waals surface area contributed by atoms with Gasteiger partial charge in [0.05, 0.1) is 39.3 Å². The largest absolute Gasteiger partial charge is 0.759 e. The van der Waals surface area contributed by atoms with Crippen molar-refractivity contribution in [3.05, 3.63) is 0 Å². The Bertz CT molecular complexity index is 511. The standard InChI is InChI=1S/2C17H37N.H2O4S/c2*1-4-7-8-9-10-11-12-13-14-15-16-17-18(5-2)6-3;1-5(2,3)4/h2*4-17H2,1-3H3;(H2,1,2,3,4). The van der Waals surface area contributed by atoms with Crippen LogP contribution in [-0.2, 0) is 10.4 Å². The monoisotopic (exact) mass is 609 g/mol. The first-order valence-electron chi connectivity index (χ1n) is 18.0. The molecule has 0 bridgehead atoms. The van der Waals surface area contributed by atoms with Gasteiger partial charge in [0.1, 0.15) is 0 Å². The lowest BCUT2D eigenvalue weighted by molar-refractivity contribution is -0.896. The van der Waals surface area contributed by atoms with Crippen LogP contribution in [-0.4, -0.2) is 56.8 Å². The molecule has 0 spiro atoms. The highest BCUT2D eigenvalue weighted by Crippen LogP contribution is 2.12. The minimum Gasteiger partial charge on any atom is -0.759 e. The van der Waals surface area contributed by atoms with E-state index < -0.39 is 10.4 Å². The maximum Gasteiger partial charge on any atom is 0.0770 e. The SMILES string of the molecule is CCCCCCCCCCCCC[NH+](CC)CC.CCCCCCCCCCCCC[NH+](CC)CC.O=S(=O)([O-])[O-]. The van der Waals surface area contributed by atoms with E-state index >= 15 is 0 Å². The van der Waals surface area contributed by atoms with Crippen LogP contribution in [0.2, 0.25) is 0 Å². The molecule has 0 saturated carbocycles. The summed E-state index contributed by atoms with van der Waals surface area (Å²) in [5.74, 6) is 0. The van der Waals surface area contributed by atoms with Crippen molar-refractivity contribution in [2.45, 2.75) is 183 Å². The molecule has 0 aromatic carbocycles. The first kappa shape index (κ1) is 45.2. The minimum atomic E-state index is -5.17. The van der Waals surface area contributed by atoms with Gasteiger partial charge in [0.15, 0.2) is 0 Å². The van der Waals surface area contributed by atoms with Crippen LogP contribution >= 0.6 is 0 Å². The van der Waals surface area contributed by atoms with Crippen molar-refractivity contribution in [2.75, 3.05) is 39.3 Å². The Labute approximate surface area is 259 Å². The molecule has 0 fully saturated rings. The van der Waals surface area contributed by atoms with Gasteiger partial charge in [0.25, 0.3) is 0 Å². The van der Waals surface area contributed by atoms with Crippen LogP contribution in [0, 0.1) is 0 Å².